The lowest BCUT2D eigenvalue weighted by Gasteiger charge is -2.17. The first-order valence-electron chi connectivity index (χ1n) is 6.67. The number of H-pyrrole nitrogens is 1. The average Bonchev–Trinajstić information content (AvgIpc) is 2.74. The van der Waals surface area contributed by atoms with Gasteiger partial charge in [-0.25, -0.2) is 4.79 Å². The molecule has 4 unspecified atom stereocenters. The average molecular weight is 309 g/mol. The normalized spacial score (nSPS) is 28.4. The van der Waals surface area contributed by atoms with Crippen molar-refractivity contribution >= 4 is 11.0 Å². The van der Waals surface area contributed by atoms with Gasteiger partial charge in [-0.15, -0.1) is 0 Å². The Bertz CT molecular complexity index is 829. The van der Waals surface area contributed by atoms with Crippen LogP contribution >= 0.6 is 0 Å². The van der Waals surface area contributed by atoms with Gasteiger partial charge in [0.15, 0.2) is 11.7 Å². The number of aliphatic hydroxyl groups excluding tert-OH is 3. The molecule has 9 nitrogen and oxygen atoms in total. The van der Waals surface area contributed by atoms with E-state index in [1.165, 1.54) is 12.3 Å². The number of pyridine rings is 1. The third-order valence-electron chi connectivity index (χ3n) is 3.67. The summed E-state index contributed by atoms with van der Waals surface area (Å²) in [6, 6.07) is 1.36. The molecule has 3 rings (SSSR count). The van der Waals surface area contributed by atoms with Crippen molar-refractivity contribution in [2.24, 2.45) is 0 Å². The maximum Gasteiger partial charge on any atom is 0.351 e. The van der Waals surface area contributed by atoms with Crippen LogP contribution in [-0.4, -0.2) is 54.8 Å². The van der Waals surface area contributed by atoms with Crippen LogP contribution in [0.15, 0.2) is 21.9 Å². The molecule has 0 saturated carbocycles. The van der Waals surface area contributed by atoms with Gasteiger partial charge in [0.2, 0.25) is 0 Å². The van der Waals surface area contributed by atoms with Crippen molar-refractivity contribution in [2.75, 3.05) is 6.61 Å². The van der Waals surface area contributed by atoms with Gasteiger partial charge in [-0.3, -0.25) is 9.36 Å². The van der Waals surface area contributed by atoms with E-state index in [2.05, 4.69) is 9.97 Å². The number of ether oxygens (including phenoxy) is 1. The first-order valence-corrected chi connectivity index (χ1v) is 6.67. The molecule has 4 atom stereocenters. The second kappa shape index (κ2) is 5.29. The predicted octanol–water partition coefficient (Wildman–Crippen LogP) is -2.00. The van der Waals surface area contributed by atoms with E-state index in [0.717, 1.165) is 4.57 Å². The molecule has 3 heterocycles. The number of fused-ring (bicyclic) bond motifs is 1. The maximum absolute atomic E-state index is 12.1. The number of aromatic nitrogens is 3. The van der Waals surface area contributed by atoms with Gasteiger partial charge in [-0.05, 0) is 6.92 Å². The molecule has 0 amide bonds. The Kier molecular flexibility index (Phi) is 3.57. The highest BCUT2D eigenvalue weighted by molar-refractivity contribution is 5.73. The summed E-state index contributed by atoms with van der Waals surface area (Å²) < 4.78 is 6.22. The number of aliphatic hydroxyl groups is 3. The van der Waals surface area contributed by atoms with Crippen LogP contribution in [0.5, 0.6) is 0 Å². The van der Waals surface area contributed by atoms with E-state index in [1.807, 2.05) is 0 Å². The van der Waals surface area contributed by atoms with Gasteiger partial charge in [0.05, 0.1) is 12.0 Å². The van der Waals surface area contributed by atoms with Gasteiger partial charge >= 0.3 is 5.69 Å². The van der Waals surface area contributed by atoms with Crippen molar-refractivity contribution in [2.45, 2.75) is 31.5 Å². The maximum atomic E-state index is 12.1. The number of hydrogen-bond acceptors (Lipinski definition) is 7. The molecule has 2 aromatic rings. The van der Waals surface area contributed by atoms with Gasteiger partial charge in [0.1, 0.15) is 24.0 Å². The molecule has 9 heteroatoms. The molecule has 118 valence electrons. The quantitative estimate of drug-likeness (QED) is 0.503. The van der Waals surface area contributed by atoms with Crippen molar-refractivity contribution in [3.63, 3.8) is 0 Å². The molecule has 0 aromatic carbocycles. The van der Waals surface area contributed by atoms with Crippen LogP contribution in [-0.2, 0) is 4.74 Å². The summed E-state index contributed by atoms with van der Waals surface area (Å²) >= 11 is 0. The Hall–Kier alpha value is -2.07. The smallest absolute Gasteiger partial charge is 0.351 e. The van der Waals surface area contributed by atoms with E-state index in [1.54, 1.807) is 6.92 Å². The molecule has 1 aliphatic heterocycles. The predicted molar refractivity (Wildman–Crippen MR) is 74.4 cm³/mol. The standard InChI is InChI=1S/C13H15N3O6/c1-5-2-7(18)6-3-16(13(21)15-11(6)14-5)12-10(20)9(19)8(4-17)22-12/h2-3,8-10,12,17,19-20H,4H2,1H3,(H,14,15,21). The van der Waals surface area contributed by atoms with Gasteiger partial charge in [0, 0.05) is 18.0 Å². The first-order chi connectivity index (χ1) is 10.4. The second-order valence-electron chi connectivity index (χ2n) is 5.24. The van der Waals surface area contributed by atoms with E-state index in [0.29, 0.717) is 5.69 Å². The van der Waals surface area contributed by atoms with Gasteiger partial charge in [-0.1, -0.05) is 0 Å². The lowest BCUT2D eigenvalue weighted by atomic mass is 10.1. The summed E-state index contributed by atoms with van der Waals surface area (Å²) in [6.45, 7) is 1.16. The van der Waals surface area contributed by atoms with Crippen molar-refractivity contribution in [1.82, 2.24) is 14.5 Å². The molecule has 0 spiro atoms. The zero-order chi connectivity index (χ0) is 16.0. The van der Waals surface area contributed by atoms with E-state index in [-0.39, 0.29) is 16.5 Å². The molecule has 2 aromatic heterocycles. The van der Waals surface area contributed by atoms with E-state index in [9.17, 15) is 19.8 Å². The molecule has 0 bridgehead atoms. The highest BCUT2D eigenvalue weighted by atomic mass is 16.6. The summed E-state index contributed by atoms with van der Waals surface area (Å²) in [6.07, 6.45) is -3.77. The van der Waals surface area contributed by atoms with Gasteiger partial charge in [-0.2, -0.15) is 4.98 Å². The lowest BCUT2D eigenvalue weighted by molar-refractivity contribution is -0.0547. The molecular formula is C13H15N3O6. The number of aryl methyl sites for hydroxylation is 1. The monoisotopic (exact) mass is 309 g/mol. The van der Waals surface area contributed by atoms with Gasteiger partial charge < -0.3 is 25.0 Å². The fourth-order valence-electron chi connectivity index (χ4n) is 2.53. The van der Waals surface area contributed by atoms with Gasteiger partial charge in [0.25, 0.3) is 0 Å². The van der Waals surface area contributed by atoms with Crippen molar-refractivity contribution in [1.29, 1.82) is 0 Å². The SMILES string of the molecule is Cc1cc(=O)c2cn(C3OC(CO)C(O)C3O)c(=O)nc2[nH]1. The third kappa shape index (κ3) is 2.24. The minimum atomic E-state index is -1.42. The summed E-state index contributed by atoms with van der Waals surface area (Å²) in [4.78, 5) is 30.6. The van der Waals surface area contributed by atoms with Crippen molar-refractivity contribution in [3.05, 3.63) is 38.7 Å². The summed E-state index contributed by atoms with van der Waals surface area (Å²) in [5.41, 5.74) is -0.379. The fourth-order valence-corrected chi connectivity index (χ4v) is 2.53. The first kappa shape index (κ1) is 14.9. The number of nitrogens with zero attached hydrogens (tertiary/aromatic N) is 2. The lowest BCUT2D eigenvalue weighted by Crippen LogP contribution is -2.36. The zero-order valence-electron chi connectivity index (χ0n) is 11.6. The van der Waals surface area contributed by atoms with E-state index >= 15 is 0 Å². The van der Waals surface area contributed by atoms with Crippen molar-refractivity contribution in [3.8, 4) is 0 Å². The fraction of sp³-hybridized carbons (Fsp3) is 0.462. The second-order valence-corrected chi connectivity index (χ2v) is 5.24. The number of hydrogen-bond donors (Lipinski definition) is 4. The van der Waals surface area contributed by atoms with Crippen LogP contribution in [0.3, 0.4) is 0 Å². The van der Waals surface area contributed by atoms with Crippen LogP contribution in [0, 0.1) is 6.92 Å². The molecule has 0 radical (unpaired) electrons. The van der Waals surface area contributed by atoms with E-state index < -0.39 is 36.8 Å². The third-order valence-corrected chi connectivity index (χ3v) is 3.67. The highest BCUT2D eigenvalue weighted by Gasteiger charge is 2.43. The number of rotatable bonds is 2. The molecule has 1 fully saturated rings. The van der Waals surface area contributed by atoms with Crippen LogP contribution in [0.25, 0.3) is 11.0 Å². The Morgan fingerprint density at radius 3 is 2.73 bits per heavy atom. The highest BCUT2D eigenvalue weighted by Crippen LogP contribution is 2.28. The minimum Gasteiger partial charge on any atom is -0.394 e. The Balaban J connectivity index is 2.14. The van der Waals surface area contributed by atoms with Crippen LogP contribution in [0.4, 0.5) is 0 Å². The molecule has 1 saturated heterocycles. The molecule has 4 N–H and O–H groups in total. The van der Waals surface area contributed by atoms with Crippen LogP contribution in [0.2, 0.25) is 0 Å². The summed E-state index contributed by atoms with van der Waals surface area (Å²) in [5.74, 6) is 0. The number of aromatic amines is 1. The van der Waals surface area contributed by atoms with Crippen LogP contribution in [0.1, 0.15) is 11.9 Å². The summed E-state index contributed by atoms with van der Waals surface area (Å²) in [7, 11) is 0. The number of nitrogens with one attached hydrogen (secondary N) is 1. The Labute approximate surface area is 123 Å². The minimum absolute atomic E-state index is 0.137. The molecule has 22 heavy (non-hydrogen) atoms. The van der Waals surface area contributed by atoms with Crippen molar-refractivity contribution < 1.29 is 20.1 Å². The molecule has 1 aliphatic rings. The topological polar surface area (TPSA) is 138 Å². The zero-order valence-corrected chi connectivity index (χ0v) is 11.6. The van der Waals surface area contributed by atoms with Crippen LogP contribution < -0.4 is 11.1 Å². The largest absolute Gasteiger partial charge is 0.394 e. The molecular weight excluding hydrogens is 294 g/mol. The summed E-state index contributed by atoms with van der Waals surface area (Å²) in [5, 5.41) is 28.9. The Morgan fingerprint density at radius 2 is 2.09 bits per heavy atom. The van der Waals surface area contributed by atoms with E-state index in [4.69, 9.17) is 9.84 Å². The molecule has 0 aliphatic carbocycles. The Morgan fingerprint density at radius 1 is 1.36 bits per heavy atom.